The summed E-state index contributed by atoms with van der Waals surface area (Å²) < 4.78 is 7.33. The van der Waals surface area contributed by atoms with Gasteiger partial charge in [0.1, 0.15) is 0 Å². The fourth-order valence-corrected chi connectivity index (χ4v) is 1.63. The molecule has 0 aliphatic heterocycles. The van der Waals surface area contributed by atoms with Gasteiger partial charge in [0.2, 0.25) is 0 Å². The summed E-state index contributed by atoms with van der Waals surface area (Å²) in [5.41, 5.74) is 1.13. The molecule has 0 aliphatic carbocycles. The van der Waals surface area contributed by atoms with Gasteiger partial charge in [-0.05, 0) is 12.3 Å². The fraction of sp³-hybridized carbons (Fsp3) is 0.714. The standard InChI is InChI=1S/C14H27N5O/c1-12(2)5-7-20-8-6-16-14(15-3)17-9-13-10-18-19(4)11-13/h10-12H,5-9H2,1-4H3,(H2,15,16,17). The minimum absolute atomic E-state index is 0.692. The SMILES string of the molecule is CN=C(NCCOCCC(C)C)NCc1cnn(C)c1. The van der Waals surface area contributed by atoms with Gasteiger partial charge < -0.3 is 15.4 Å². The lowest BCUT2D eigenvalue weighted by Gasteiger charge is -2.11. The summed E-state index contributed by atoms with van der Waals surface area (Å²) in [5, 5.41) is 10.6. The van der Waals surface area contributed by atoms with Gasteiger partial charge >= 0.3 is 0 Å². The number of aryl methyl sites for hydroxylation is 1. The molecule has 1 aromatic heterocycles. The van der Waals surface area contributed by atoms with Crippen molar-refractivity contribution < 1.29 is 4.74 Å². The molecule has 0 spiro atoms. The fourth-order valence-electron chi connectivity index (χ4n) is 1.63. The van der Waals surface area contributed by atoms with Crippen LogP contribution >= 0.6 is 0 Å². The van der Waals surface area contributed by atoms with Gasteiger partial charge in [0.05, 0.1) is 12.8 Å². The molecule has 114 valence electrons. The highest BCUT2D eigenvalue weighted by Crippen LogP contribution is 1.98. The van der Waals surface area contributed by atoms with Gasteiger partial charge in [-0.25, -0.2) is 0 Å². The molecule has 2 N–H and O–H groups in total. The molecule has 1 aromatic rings. The molecule has 0 aromatic carbocycles. The Bertz CT molecular complexity index is 400. The molecule has 0 atom stereocenters. The number of guanidine groups is 1. The molecule has 0 amide bonds. The highest BCUT2D eigenvalue weighted by molar-refractivity contribution is 5.79. The minimum atomic E-state index is 0.692. The Morgan fingerprint density at radius 3 is 2.80 bits per heavy atom. The van der Waals surface area contributed by atoms with Gasteiger partial charge in [-0.15, -0.1) is 0 Å². The number of ether oxygens (including phenoxy) is 1. The van der Waals surface area contributed by atoms with E-state index in [-0.39, 0.29) is 0 Å². The van der Waals surface area contributed by atoms with Crippen molar-refractivity contribution in [2.75, 3.05) is 26.8 Å². The summed E-state index contributed by atoms with van der Waals surface area (Å²) in [7, 11) is 3.67. The van der Waals surface area contributed by atoms with Crippen LogP contribution in [-0.2, 0) is 18.3 Å². The average Bonchev–Trinajstić information content (AvgIpc) is 2.82. The maximum Gasteiger partial charge on any atom is 0.191 e. The first-order valence-electron chi connectivity index (χ1n) is 7.11. The van der Waals surface area contributed by atoms with Crippen LogP contribution in [0.15, 0.2) is 17.4 Å². The monoisotopic (exact) mass is 281 g/mol. The lowest BCUT2D eigenvalue weighted by molar-refractivity contribution is 0.128. The Kier molecular flexibility index (Phi) is 7.72. The summed E-state index contributed by atoms with van der Waals surface area (Å²) >= 11 is 0. The molecule has 0 saturated carbocycles. The zero-order chi connectivity index (χ0) is 14.8. The highest BCUT2D eigenvalue weighted by Gasteiger charge is 2.00. The summed E-state index contributed by atoms with van der Waals surface area (Å²) in [5.74, 6) is 1.47. The maximum atomic E-state index is 5.55. The molecule has 0 aliphatic rings. The molecule has 0 bridgehead atoms. The molecular weight excluding hydrogens is 254 g/mol. The molecular formula is C14H27N5O. The third-order valence-electron chi connectivity index (χ3n) is 2.82. The van der Waals surface area contributed by atoms with E-state index >= 15 is 0 Å². The first kappa shape index (κ1) is 16.5. The van der Waals surface area contributed by atoms with E-state index in [0.717, 1.165) is 31.1 Å². The minimum Gasteiger partial charge on any atom is -0.380 e. The van der Waals surface area contributed by atoms with Crippen LogP contribution in [0.1, 0.15) is 25.8 Å². The van der Waals surface area contributed by atoms with Crippen LogP contribution in [-0.4, -0.2) is 42.5 Å². The summed E-state index contributed by atoms with van der Waals surface area (Å²) in [6.45, 7) is 7.38. The van der Waals surface area contributed by atoms with Crippen molar-refractivity contribution in [1.29, 1.82) is 0 Å². The molecule has 1 heterocycles. The topological polar surface area (TPSA) is 63.5 Å². The number of aliphatic imine (C=N–C) groups is 1. The first-order valence-corrected chi connectivity index (χ1v) is 7.11. The predicted molar refractivity (Wildman–Crippen MR) is 81.7 cm³/mol. The van der Waals surface area contributed by atoms with E-state index in [1.165, 1.54) is 0 Å². The lowest BCUT2D eigenvalue weighted by Crippen LogP contribution is -2.38. The number of aromatic nitrogens is 2. The van der Waals surface area contributed by atoms with Crippen LogP contribution in [0.4, 0.5) is 0 Å². The normalized spacial score (nSPS) is 11.9. The maximum absolute atomic E-state index is 5.55. The van der Waals surface area contributed by atoms with E-state index in [2.05, 4.69) is 34.6 Å². The molecule has 0 unspecified atom stereocenters. The molecule has 1 rings (SSSR count). The molecule has 0 radical (unpaired) electrons. The quantitative estimate of drug-likeness (QED) is 0.426. The van der Waals surface area contributed by atoms with Crippen LogP contribution in [0.2, 0.25) is 0 Å². The van der Waals surface area contributed by atoms with Crippen molar-refractivity contribution in [2.24, 2.45) is 18.0 Å². The second kappa shape index (κ2) is 9.36. The number of hydrogen-bond donors (Lipinski definition) is 2. The van der Waals surface area contributed by atoms with Crippen molar-refractivity contribution in [3.63, 3.8) is 0 Å². The van der Waals surface area contributed by atoms with Gasteiger partial charge in [0.25, 0.3) is 0 Å². The summed E-state index contributed by atoms with van der Waals surface area (Å²) in [6, 6.07) is 0. The van der Waals surface area contributed by atoms with E-state index < -0.39 is 0 Å². The van der Waals surface area contributed by atoms with Crippen LogP contribution in [0.25, 0.3) is 0 Å². The van der Waals surface area contributed by atoms with Gasteiger partial charge in [-0.2, -0.15) is 5.10 Å². The van der Waals surface area contributed by atoms with Gasteiger partial charge in [0.15, 0.2) is 5.96 Å². The predicted octanol–water partition coefficient (Wildman–Crippen LogP) is 1.15. The second-order valence-electron chi connectivity index (χ2n) is 5.17. The van der Waals surface area contributed by atoms with Crippen LogP contribution < -0.4 is 10.6 Å². The Labute approximate surface area is 121 Å². The molecule has 20 heavy (non-hydrogen) atoms. The average molecular weight is 281 g/mol. The van der Waals surface area contributed by atoms with E-state index in [1.807, 2.05) is 19.4 Å². The van der Waals surface area contributed by atoms with E-state index in [1.54, 1.807) is 11.7 Å². The molecule has 6 nitrogen and oxygen atoms in total. The number of hydrogen-bond acceptors (Lipinski definition) is 3. The van der Waals surface area contributed by atoms with Gasteiger partial charge in [-0.1, -0.05) is 13.8 Å². The Balaban J connectivity index is 2.11. The van der Waals surface area contributed by atoms with Gasteiger partial charge in [0, 0.05) is 45.6 Å². The third-order valence-corrected chi connectivity index (χ3v) is 2.82. The summed E-state index contributed by atoms with van der Waals surface area (Å²) in [6.07, 6.45) is 4.93. The van der Waals surface area contributed by atoms with Crippen molar-refractivity contribution in [2.45, 2.75) is 26.8 Å². The lowest BCUT2D eigenvalue weighted by atomic mass is 10.1. The molecule has 6 heteroatoms. The van der Waals surface area contributed by atoms with Gasteiger partial charge in [-0.3, -0.25) is 9.67 Å². The van der Waals surface area contributed by atoms with Crippen molar-refractivity contribution in [1.82, 2.24) is 20.4 Å². The third kappa shape index (κ3) is 7.13. The Hall–Kier alpha value is -1.56. The van der Waals surface area contributed by atoms with E-state index in [0.29, 0.717) is 19.1 Å². The van der Waals surface area contributed by atoms with Crippen LogP contribution in [0.3, 0.4) is 0 Å². The number of nitrogens with zero attached hydrogens (tertiary/aromatic N) is 3. The summed E-state index contributed by atoms with van der Waals surface area (Å²) in [4.78, 5) is 4.17. The first-order chi connectivity index (χ1) is 9.61. The van der Waals surface area contributed by atoms with E-state index in [4.69, 9.17) is 4.74 Å². The van der Waals surface area contributed by atoms with Crippen LogP contribution in [0.5, 0.6) is 0 Å². The number of rotatable bonds is 8. The van der Waals surface area contributed by atoms with Crippen LogP contribution in [0, 0.1) is 5.92 Å². The smallest absolute Gasteiger partial charge is 0.191 e. The Morgan fingerprint density at radius 2 is 2.20 bits per heavy atom. The largest absolute Gasteiger partial charge is 0.380 e. The van der Waals surface area contributed by atoms with Crippen molar-refractivity contribution >= 4 is 5.96 Å². The van der Waals surface area contributed by atoms with Crippen molar-refractivity contribution in [3.05, 3.63) is 18.0 Å². The number of nitrogens with one attached hydrogen (secondary N) is 2. The van der Waals surface area contributed by atoms with E-state index in [9.17, 15) is 0 Å². The zero-order valence-electron chi connectivity index (χ0n) is 13.0. The second-order valence-corrected chi connectivity index (χ2v) is 5.17. The highest BCUT2D eigenvalue weighted by atomic mass is 16.5. The Morgan fingerprint density at radius 1 is 1.40 bits per heavy atom. The van der Waals surface area contributed by atoms with Crippen molar-refractivity contribution in [3.8, 4) is 0 Å². The molecule has 0 fully saturated rings. The zero-order valence-corrected chi connectivity index (χ0v) is 13.0. The molecule has 0 saturated heterocycles.